The van der Waals surface area contributed by atoms with E-state index in [0.717, 1.165) is 16.7 Å². The van der Waals surface area contributed by atoms with E-state index in [0.29, 0.717) is 6.42 Å². The molecule has 0 amide bonds. The number of benzene rings is 2. The van der Waals surface area contributed by atoms with Crippen molar-refractivity contribution in [3.63, 3.8) is 0 Å². The standard InChI is InChI=1S/C23H21NO4/c1-2-17-13-20(22(25)27-15-18-9-5-3-6-10-18)21(24-14-17)23(26)28-16-19-11-7-4-8-12-19/h3-14H,2,15-16H2,1H3. The van der Waals surface area contributed by atoms with Gasteiger partial charge in [0.25, 0.3) is 0 Å². The summed E-state index contributed by atoms with van der Waals surface area (Å²) in [4.78, 5) is 29.3. The van der Waals surface area contributed by atoms with Gasteiger partial charge in [-0.1, -0.05) is 67.6 Å². The van der Waals surface area contributed by atoms with Gasteiger partial charge in [-0.3, -0.25) is 0 Å². The van der Waals surface area contributed by atoms with E-state index >= 15 is 0 Å². The van der Waals surface area contributed by atoms with E-state index in [-0.39, 0.29) is 24.5 Å². The van der Waals surface area contributed by atoms with Crippen LogP contribution in [0.5, 0.6) is 0 Å². The highest BCUT2D eigenvalue weighted by atomic mass is 16.5. The highest BCUT2D eigenvalue weighted by Gasteiger charge is 2.22. The number of ether oxygens (including phenoxy) is 2. The third-order valence-corrected chi connectivity index (χ3v) is 4.19. The Labute approximate surface area is 164 Å². The molecular formula is C23H21NO4. The monoisotopic (exact) mass is 375 g/mol. The maximum absolute atomic E-state index is 12.6. The lowest BCUT2D eigenvalue weighted by molar-refractivity contribution is 0.0419. The molecule has 28 heavy (non-hydrogen) atoms. The molecule has 5 nitrogen and oxygen atoms in total. The minimum Gasteiger partial charge on any atom is -0.457 e. The molecule has 0 N–H and O–H groups in total. The lowest BCUT2D eigenvalue weighted by atomic mass is 10.1. The van der Waals surface area contributed by atoms with Crippen molar-refractivity contribution in [2.45, 2.75) is 26.6 Å². The number of nitrogens with zero attached hydrogens (tertiary/aromatic N) is 1. The summed E-state index contributed by atoms with van der Waals surface area (Å²) in [7, 11) is 0. The van der Waals surface area contributed by atoms with Crippen molar-refractivity contribution in [1.82, 2.24) is 4.98 Å². The molecule has 0 saturated heterocycles. The van der Waals surface area contributed by atoms with Gasteiger partial charge < -0.3 is 9.47 Å². The molecule has 142 valence electrons. The van der Waals surface area contributed by atoms with E-state index in [9.17, 15) is 9.59 Å². The van der Waals surface area contributed by atoms with Crippen molar-refractivity contribution >= 4 is 11.9 Å². The second kappa shape index (κ2) is 9.46. The molecule has 3 aromatic rings. The summed E-state index contributed by atoms with van der Waals surface area (Å²) >= 11 is 0. The number of esters is 2. The fraction of sp³-hybridized carbons (Fsp3) is 0.174. The van der Waals surface area contributed by atoms with Crippen molar-refractivity contribution in [3.05, 3.63) is 101 Å². The van der Waals surface area contributed by atoms with Crippen molar-refractivity contribution in [2.24, 2.45) is 0 Å². The molecule has 5 heteroatoms. The van der Waals surface area contributed by atoms with Crippen LogP contribution < -0.4 is 0 Å². The summed E-state index contributed by atoms with van der Waals surface area (Å²) < 4.78 is 10.7. The zero-order valence-corrected chi connectivity index (χ0v) is 15.6. The number of hydrogen-bond acceptors (Lipinski definition) is 5. The highest BCUT2D eigenvalue weighted by molar-refractivity contribution is 6.01. The number of rotatable bonds is 7. The molecule has 0 spiro atoms. The average molecular weight is 375 g/mol. The highest BCUT2D eigenvalue weighted by Crippen LogP contribution is 2.15. The Hall–Kier alpha value is -3.47. The summed E-state index contributed by atoms with van der Waals surface area (Å²) in [5, 5.41) is 0. The number of carbonyl (C=O) groups is 2. The van der Waals surface area contributed by atoms with Gasteiger partial charge in [-0.25, -0.2) is 14.6 Å². The van der Waals surface area contributed by atoms with E-state index in [4.69, 9.17) is 9.47 Å². The molecule has 3 rings (SSSR count). The topological polar surface area (TPSA) is 65.5 Å². The Bertz CT molecular complexity index is 939. The fourth-order valence-electron chi connectivity index (χ4n) is 2.61. The van der Waals surface area contributed by atoms with Crippen LogP contribution in [-0.2, 0) is 29.1 Å². The Kier molecular flexibility index (Phi) is 6.52. The Balaban J connectivity index is 1.75. The van der Waals surface area contributed by atoms with E-state index < -0.39 is 11.9 Å². The maximum atomic E-state index is 12.6. The van der Waals surface area contributed by atoms with Gasteiger partial charge in [-0.2, -0.15) is 0 Å². The van der Waals surface area contributed by atoms with Crippen LogP contribution in [-0.4, -0.2) is 16.9 Å². The van der Waals surface area contributed by atoms with Crippen LogP contribution >= 0.6 is 0 Å². The van der Waals surface area contributed by atoms with E-state index in [1.54, 1.807) is 12.3 Å². The molecular weight excluding hydrogens is 354 g/mol. The number of pyridine rings is 1. The molecule has 0 radical (unpaired) electrons. The molecule has 2 aromatic carbocycles. The predicted molar refractivity (Wildman–Crippen MR) is 105 cm³/mol. The first kappa shape index (κ1) is 19.3. The molecule has 1 aromatic heterocycles. The first-order valence-electron chi connectivity index (χ1n) is 9.08. The normalized spacial score (nSPS) is 10.3. The minimum atomic E-state index is -0.654. The van der Waals surface area contributed by atoms with Gasteiger partial charge in [-0.15, -0.1) is 0 Å². The maximum Gasteiger partial charge on any atom is 0.358 e. The van der Waals surface area contributed by atoms with E-state index in [2.05, 4.69) is 4.98 Å². The Morgan fingerprint density at radius 3 is 1.86 bits per heavy atom. The van der Waals surface area contributed by atoms with Gasteiger partial charge in [0.2, 0.25) is 0 Å². The van der Waals surface area contributed by atoms with Crippen LogP contribution in [0.2, 0.25) is 0 Å². The summed E-state index contributed by atoms with van der Waals surface area (Å²) in [5.74, 6) is -1.25. The second-order valence-corrected chi connectivity index (χ2v) is 6.22. The number of aryl methyl sites for hydroxylation is 1. The van der Waals surface area contributed by atoms with Crippen molar-refractivity contribution in [1.29, 1.82) is 0 Å². The molecule has 1 heterocycles. The lowest BCUT2D eigenvalue weighted by Crippen LogP contribution is -2.16. The SMILES string of the molecule is CCc1cnc(C(=O)OCc2ccccc2)c(C(=O)OCc2ccccc2)c1. The quantitative estimate of drug-likeness (QED) is 0.574. The van der Waals surface area contributed by atoms with Crippen molar-refractivity contribution in [2.75, 3.05) is 0 Å². The van der Waals surface area contributed by atoms with Crippen LogP contribution in [0.4, 0.5) is 0 Å². The largest absolute Gasteiger partial charge is 0.457 e. The van der Waals surface area contributed by atoms with Crippen LogP contribution in [0.3, 0.4) is 0 Å². The minimum absolute atomic E-state index is 0.0359. The zero-order valence-electron chi connectivity index (χ0n) is 15.6. The van der Waals surface area contributed by atoms with Crippen molar-refractivity contribution < 1.29 is 19.1 Å². The van der Waals surface area contributed by atoms with Crippen molar-refractivity contribution in [3.8, 4) is 0 Å². The molecule has 0 saturated carbocycles. The predicted octanol–water partition coefficient (Wildman–Crippen LogP) is 4.36. The molecule has 0 aliphatic heterocycles. The lowest BCUT2D eigenvalue weighted by Gasteiger charge is -2.11. The van der Waals surface area contributed by atoms with Gasteiger partial charge in [0.15, 0.2) is 5.69 Å². The van der Waals surface area contributed by atoms with E-state index in [1.165, 1.54) is 0 Å². The van der Waals surface area contributed by atoms with Crippen LogP contribution in [0.15, 0.2) is 72.9 Å². The summed E-state index contributed by atoms with van der Waals surface area (Å²) in [6.45, 7) is 2.17. The third-order valence-electron chi connectivity index (χ3n) is 4.19. The van der Waals surface area contributed by atoms with Crippen LogP contribution in [0.1, 0.15) is 44.5 Å². The first-order chi connectivity index (χ1) is 13.7. The molecule has 0 unspecified atom stereocenters. The average Bonchev–Trinajstić information content (AvgIpc) is 2.76. The van der Waals surface area contributed by atoms with Gasteiger partial charge in [0.05, 0.1) is 5.56 Å². The molecule has 0 aliphatic carbocycles. The van der Waals surface area contributed by atoms with Gasteiger partial charge in [0.1, 0.15) is 13.2 Å². The number of carbonyl (C=O) groups excluding carboxylic acids is 2. The zero-order chi connectivity index (χ0) is 19.8. The van der Waals surface area contributed by atoms with Crippen LogP contribution in [0, 0.1) is 0 Å². The Morgan fingerprint density at radius 2 is 1.32 bits per heavy atom. The van der Waals surface area contributed by atoms with Gasteiger partial charge in [0, 0.05) is 6.20 Å². The molecule has 0 aliphatic rings. The number of aromatic nitrogens is 1. The summed E-state index contributed by atoms with van der Waals surface area (Å²) in [6, 6.07) is 20.3. The Morgan fingerprint density at radius 1 is 0.786 bits per heavy atom. The van der Waals surface area contributed by atoms with Crippen LogP contribution in [0.25, 0.3) is 0 Å². The smallest absolute Gasteiger partial charge is 0.358 e. The molecule has 0 fully saturated rings. The van der Waals surface area contributed by atoms with Gasteiger partial charge in [-0.05, 0) is 29.2 Å². The molecule has 0 atom stereocenters. The number of hydrogen-bond donors (Lipinski definition) is 0. The third kappa shape index (κ3) is 5.04. The fourth-order valence-corrected chi connectivity index (χ4v) is 2.61. The first-order valence-corrected chi connectivity index (χ1v) is 9.08. The summed E-state index contributed by atoms with van der Waals surface area (Å²) in [5.41, 5.74) is 2.64. The van der Waals surface area contributed by atoms with E-state index in [1.807, 2.05) is 67.6 Å². The second-order valence-electron chi connectivity index (χ2n) is 6.22. The summed E-state index contributed by atoms with van der Waals surface area (Å²) in [6.07, 6.45) is 2.26. The molecule has 0 bridgehead atoms. The van der Waals surface area contributed by atoms with Gasteiger partial charge >= 0.3 is 11.9 Å².